The summed E-state index contributed by atoms with van der Waals surface area (Å²) in [6.45, 7) is -1.02. The normalized spacial score (nSPS) is 9.62. The number of carbonyl (C=O) groups is 3. The third-order valence-electron chi connectivity index (χ3n) is 1.42. The lowest BCUT2D eigenvalue weighted by Gasteiger charge is -2.04. The Morgan fingerprint density at radius 2 is 1.75 bits per heavy atom. The van der Waals surface area contributed by atoms with Crippen molar-refractivity contribution in [2.24, 2.45) is 0 Å². The van der Waals surface area contributed by atoms with Crippen molar-refractivity contribution in [2.45, 2.75) is 6.42 Å². The van der Waals surface area contributed by atoms with Gasteiger partial charge in [0, 0.05) is 7.11 Å². The van der Waals surface area contributed by atoms with E-state index in [0.29, 0.717) is 0 Å². The lowest BCUT2D eigenvalue weighted by Crippen LogP contribution is -2.20. The van der Waals surface area contributed by atoms with Crippen molar-refractivity contribution >= 4 is 17.7 Å². The van der Waals surface area contributed by atoms with Crippen LogP contribution in [0.15, 0.2) is 0 Å². The molecular formula is C9H14O7. The van der Waals surface area contributed by atoms with E-state index in [1.165, 1.54) is 7.11 Å². The quantitative estimate of drug-likeness (QED) is 0.315. The van der Waals surface area contributed by atoms with Crippen molar-refractivity contribution in [1.29, 1.82) is 0 Å². The summed E-state index contributed by atoms with van der Waals surface area (Å²) in [5.41, 5.74) is 0. The van der Waals surface area contributed by atoms with Crippen LogP contribution >= 0.6 is 0 Å². The zero-order chi connectivity index (χ0) is 12.4. The third kappa shape index (κ3) is 7.89. The predicted octanol–water partition coefficient (Wildman–Crippen LogP) is -1.33. The van der Waals surface area contributed by atoms with Crippen LogP contribution in [0.4, 0.5) is 0 Å². The Kier molecular flexibility index (Phi) is 8.00. The molecule has 0 aliphatic rings. The molecule has 0 saturated carbocycles. The van der Waals surface area contributed by atoms with Crippen LogP contribution in [0.1, 0.15) is 6.42 Å². The van der Waals surface area contributed by atoms with Crippen molar-refractivity contribution in [3.05, 3.63) is 0 Å². The van der Waals surface area contributed by atoms with Gasteiger partial charge in [-0.1, -0.05) is 0 Å². The highest BCUT2D eigenvalue weighted by Gasteiger charge is 2.12. The first-order chi connectivity index (χ1) is 7.60. The van der Waals surface area contributed by atoms with Gasteiger partial charge in [-0.15, -0.1) is 0 Å². The number of carbonyl (C=O) groups excluding carboxylic acids is 3. The number of esters is 2. The lowest BCUT2D eigenvalue weighted by atomic mass is 10.3. The molecule has 7 heteroatoms. The molecule has 0 unspecified atom stereocenters. The molecule has 0 bridgehead atoms. The summed E-state index contributed by atoms with van der Waals surface area (Å²) in [5.74, 6) is -2.22. The molecule has 0 aromatic heterocycles. The Hall–Kier alpha value is -1.47. The van der Waals surface area contributed by atoms with Gasteiger partial charge >= 0.3 is 11.9 Å². The van der Waals surface area contributed by atoms with E-state index in [0.717, 1.165) is 0 Å². The molecule has 0 fully saturated rings. The van der Waals surface area contributed by atoms with Gasteiger partial charge in [-0.2, -0.15) is 0 Å². The second kappa shape index (κ2) is 8.81. The minimum Gasteiger partial charge on any atom is -0.463 e. The Bertz CT molecular complexity index is 248. The number of aliphatic hydroxyl groups is 1. The highest BCUT2D eigenvalue weighted by Crippen LogP contribution is 1.91. The van der Waals surface area contributed by atoms with E-state index in [4.69, 9.17) is 5.11 Å². The maximum Gasteiger partial charge on any atom is 0.332 e. The minimum atomic E-state index is -0.916. The Labute approximate surface area is 92.3 Å². The van der Waals surface area contributed by atoms with Crippen molar-refractivity contribution < 1.29 is 33.7 Å². The number of hydrogen-bond donors (Lipinski definition) is 1. The molecule has 0 radical (unpaired) electrons. The predicted molar refractivity (Wildman–Crippen MR) is 50.5 cm³/mol. The van der Waals surface area contributed by atoms with E-state index in [2.05, 4.69) is 14.2 Å². The zero-order valence-corrected chi connectivity index (χ0v) is 8.93. The molecule has 1 N–H and O–H groups in total. The zero-order valence-electron chi connectivity index (χ0n) is 8.93. The topological polar surface area (TPSA) is 99.1 Å². The molecule has 0 aromatic rings. The molecule has 92 valence electrons. The number of Topliss-reactive ketones (excluding diaryl/α,β-unsaturated/α-hetero) is 1. The van der Waals surface area contributed by atoms with Gasteiger partial charge in [0.2, 0.25) is 0 Å². The maximum absolute atomic E-state index is 11.0. The molecule has 0 amide bonds. The van der Waals surface area contributed by atoms with Crippen LogP contribution in [0.5, 0.6) is 0 Å². The van der Waals surface area contributed by atoms with Crippen LogP contribution in [0, 0.1) is 0 Å². The molecule has 0 saturated heterocycles. The fourth-order valence-corrected chi connectivity index (χ4v) is 0.709. The molecule has 0 aliphatic heterocycles. The molecule has 0 heterocycles. The Morgan fingerprint density at radius 3 is 2.31 bits per heavy atom. The SMILES string of the molecule is COCCOC(=O)CC(=O)COC(=O)CO. The van der Waals surface area contributed by atoms with Crippen LogP contribution in [0.3, 0.4) is 0 Å². The van der Waals surface area contributed by atoms with Crippen LogP contribution in [0.25, 0.3) is 0 Å². The fraction of sp³-hybridized carbons (Fsp3) is 0.667. The first-order valence-electron chi connectivity index (χ1n) is 4.53. The minimum absolute atomic E-state index is 0.0685. The first kappa shape index (κ1) is 14.5. The van der Waals surface area contributed by atoms with Gasteiger partial charge in [0.15, 0.2) is 12.4 Å². The number of methoxy groups -OCH3 is 1. The summed E-state index contributed by atoms with van der Waals surface area (Å²) in [6.07, 6.45) is -0.470. The molecule has 0 spiro atoms. The van der Waals surface area contributed by atoms with Gasteiger partial charge in [-0.05, 0) is 0 Å². The number of ketones is 1. The van der Waals surface area contributed by atoms with E-state index < -0.39 is 37.4 Å². The van der Waals surface area contributed by atoms with Crippen LogP contribution in [-0.2, 0) is 28.6 Å². The van der Waals surface area contributed by atoms with E-state index >= 15 is 0 Å². The van der Waals surface area contributed by atoms with Gasteiger partial charge in [-0.25, -0.2) is 4.79 Å². The monoisotopic (exact) mass is 234 g/mol. The van der Waals surface area contributed by atoms with E-state index in [1.54, 1.807) is 0 Å². The highest BCUT2D eigenvalue weighted by molar-refractivity contribution is 5.96. The van der Waals surface area contributed by atoms with Crippen LogP contribution < -0.4 is 0 Å². The molecule has 0 aliphatic carbocycles. The lowest BCUT2D eigenvalue weighted by molar-refractivity contribution is -0.154. The highest BCUT2D eigenvalue weighted by atomic mass is 16.6. The molecule has 16 heavy (non-hydrogen) atoms. The van der Waals surface area contributed by atoms with Crippen molar-refractivity contribution in [3.8, 4) is 0 Å². The number of rotatable bonds is 8. The van der Waals surface area contributed by atoms with Crippen LogP contribution in [-0.4, -0.2) is 56.4 Å². The molecular weight excluding hydrogens is 220 g/mol. The van der Waals surface area contributed by atoms with Gasteiger partial charge in [0.1, 0.15) is 19.6 Å². The van der Waals surface area contributed by atoms with Gasteiger partial charge in [0.25, 0.3) is 0 Å². The third-order valence-corrected chi connectivity index (χ3v) is 1.42. The van der Waals surface area contributed by atoms with Gasteiger partial charge < -0.3 is 19.3 Å². The summed E-state index contributed by atoms with van der Waals surface area (Å²) < 4.78 is 13.6. The summed E-state index contributed by atoms with van der Waals surface area (Å²) in [6, 6.07) is 0. The first-order valence-corrected chi connectivity index (χ1v) is 4.53. The Balaban J connectivity index is 3.62. The largest absolute Gasteiger partial charge is 0.463 e. The van der Waals surface area contributed by atoms with Crippen molar-refractivity contribution in [3.63, 3.8) is 0 Å². The fourth-order valence-electron chi connectivity index (χ4n) is 0.709. The van der Waals surface area contributed by atoms with Crippen molar-refractivity contribution in [2.75, 3.05) is 33.5 Å². The maximum atomic E-state index is 11.0. The van der Waals surface area contributed by atoms with E-state index in [-0.39, 0.29) is 13.2 Å². The van der Waals surface area contributed by atoms with Crippen molar-refractivity contribution in [1.82, 2.24) is 0 Å². The number of hydrogen-bond acceptors (Lipinski definition) is 7. The number of aliphatic hydroxyl groups excluding tert-OH is 1. The standard InChI is InChI=1S/C9H14O7/c1-14-2-3-15-8(12)4-7(11)6-16-9(13)5-10/h10H,2-6H2,1H3. The van der Waals surface area contributed by atoms with E-state index in [9.17, 15) is 14.4 Å². The molecule has 7 nitrogen and oxygen atoms in total. The number of ether oxygens (including phenoxy) is 3. The summed E-state index contributed by atoms with van der Waals surface area (Å²) in [4.78, 5) is 32.4. The smallest absolute Gasteiger partial charge is 0.332 e. The average molecular weight is 234 g/mol. The molecule has 0 rings (SSSR count). The second-order valence-electron chi connectivity index (χ2n) is 2.75. The average Bonchev–Trinajstić information content (AvgIpc) is 2.26. The Morgan fingerprint density at radius 1 is 1.06 bits per heavy atom. The van der Waals surface area contributed by atoms with Crippen LogP contribution in [0.2, 0.25) is 0 Å². The second-order valence-corrected chi connectivity index (χ2v) is 2.75. The summed E-state index contributed by atoms with van der Waals surface area (Å²) in [7, 11) is 1.45. The summed E-state index contributed by atoms with van der Waals surface area (Å²) in [5, 5.41) is 8.28. The summed E-state index contributed by atoms with van der Waals surface area (Å²) >= 11 is 0. The van der Waals surface area contributed by atoms with Gasteiger partial charge in [-0.3, -0.25) is 9.59 Å². The molecule has 0 atom stereocenters. The van der Waals surface area contributed by atoms with E-state index in [1.807, 2.05) is 0 Å². The van der Waals surface area contributed by atoms with Gasteiger partial charge in [0.05, 0.1) is 6.61 Å². The molecule has 0 aromatic carbocycles.